The van der Waals surface area contributed by atoms with Crippen molar-refractivity contribution in [3.05, 3.63) is 235 Å². The summed E-state index contributed by atoms with van der Waals surface area (Å²) in [6.07, 6.45) is 0. The molecule has 0 aliphatic carbocycles. The van der Waals surface area contributed by atoms with Gasteiger partial charge in [0.25, 0.3) is 6.71 Å². The van der Waals surface area contributed by atoms with Crippen LogP contribution in [0.4, 0.5) is 51.2 Å². The number of benzene rings is 10. The van der Waals surface area contributed by atoms with Gasteiger partial charge in [-0.2, -0.15) is 0 Å². The number of furan rings is 1. The first-order valence-corrected chi connectivity index (χ1v) is 31.0. The van der Waals surface area contributed by atoms with Crippen molar-refractivity contribution in [3.63, 3.8) is 0 Å². The number of para-hydroxylation sites is 3. The van der Waals surface area contributed by atoms with Gasteiger partial charge in [0.2, 0.25) is 0 Å². The van der Waals surface area contributed by atoms with Crippen molar-refractivity contribution in [1.29, 1.82) is 0 Å². The summed E-state index contributed by atoms with van der Waals surface area (Å²) in [5.74, 6) is 0. The molecule has 85 heavy (non-hydrogen) atoms. The molecule has 0 unspecified atom stereocenters. The second-order valence-corrected chi connectivity index (χ2v) is 28.9. The summed E-state index contributed by atoms with van der Waals surface area (Å²) in [4.78, 5) is 7.59. The lowest BCUT2D eigenvalue weighted by Gasteiger charge is -2.43. The average Bonchev–Trinajstić information content (AvgIpc) is 1.81. The lowest BCUT2D eigenvalue weighted by molar-refractivity contribution is 0.590. The highest BCUT2D eigenvalue weighted by Gasteiger charge is 2.46. The van der Waals surface area contributed by atoms with Gasteiger partial charge < -0.3 is 23.7 Å². The molecule has 0 spiro atoms. The lowest BCUT2D eigenvalue weighted by atomic mass is 9.36. The molecular formula is C78H71BN4OS. The van der Waals surface area contributed by atoms with Gasteiger partial charge in [0.1, 0.15) is 5.58 Å². The van der Waals surface area contributed by atoms with Crippen LogP contribution < -0.4 is 30.4 Å². The first kappa shape index (κ1) is 53.0. The number of aromatic nitrogens is 1. The topological polar surface area (TPSA) is 27.8 Å². The molecule has 2 aliphatic heterocycles. The predicted molar refractivity (Wildman–Crippen MR) is 367 cm³/mol. The summed E-state index contributed by atoms with van der Waals surface area (Å²) in [5.41, 5.74) is 23.1. The standard InChI is InChI=1S/C78H71BN4OS/c1-75(2,3)48-28-35-53(36-29-48)80(54-37-30-49(31-38-54)76(4,5)6)56-41-42-60-66(47-56)83(65-27-18-23-58-70-67(84-73(58)65)44-43-62-69(70)57-22-16-17-24-61(57)81(62)52-20-14-13-15-21-52)64-26-19-25-63-71(64)79(60)74-72(59-46-51(78(10,11)12)34-45-68(59)85-74)82(63)55-39-32-50(33-40-55)77(7,8)9/h13-47H,1-12H3. The fourth-order valence-electron chi connectivity index (χ4n) is 13.7. The summed E-state index contributed by atoms with van der Waals surface area (Å²) < 4.78 is 12.5. The molecule has 0 N–H and O–H groups in total. The number of hydrogen-bond acceptors (Lipinski definition) is 5. The van der Waals surface area contributed by atoms with Crippen LogP contribution in [0.1, 0.15) is 105 Å². The van der Waals surface area contributed by atoms with E-state index in [1.807, 2.05) is 11.3 Å². The van der Waals surface area contributed by atoms with Gasteiger partial charge in [-0.15, -0.1) is 11.3 Å². The first-order chi connectivity index (χ1) is 40.7. The first-order valence-electron chi connectivity index (χ1n) is 30.2. The van der Waals surface area contributed by atoms with Crippen LogP contribution in [0.5, 0.6) is 0 Å². The maximum Gasteiger partial charge on any atom is 0.264 e. The summed E-state index contributed by atoms with van der Waals surface area (Å²) in [7, 11) is 0. The molecule has 3 aromatic heterocycles. The molecule has 10 aromatic carbocycles. The van der Waals surface area contributed by atoms with E-state index in [1.54, 1.807) is 0 Å². The van der Waals surface area contributed by atoms with E-state index in [0.717, 1.165) is 73.0 Å². The molecule has 0 fully saturated rings. The summed E-state index contributed by atoms with van der Waals surface area (Å²) in [6, 6.07) is 80.2. The largest absolute Gasteiger partial charge is 0.454 e. The average molecular weight is 1120 g/mol. The maximum atomic E-state index is 7.42. The van der Waals surface area contributed by atoms with E-state index in [1.165, 1.54) is 75.7 Å². The van der Waals surface area contributed by atoms with Crippen molar-refractivity contribution in [3.8, 4) is 5.69 Å². The van der Waals surface area contributed by atoms with Gasteiger partial charge in [-0.3, -0.25) is 0 Å². The number of hydrogen-bond donors (Lipinski definition) is 0. The van der Waals surface area contributed by atoms with Crippen molar-refractivity contribution in [1.82, 2.24) is 4.57 Å². The molecule has 7 heteroatoms. The SMILES string of the molecule is CC(C)(C)c1ccc(N(c2ccc(C(C)(C)C)cc2)c2ccc3c(c2)N(c2cccc4c2oc2ccc5c(c6ccccc6n5-c5ccccc5)c24)c2cccc4c2B3c2sc3ccc(C(C)(C)C)cc3c2N4c2ccc(C(C)(C)C)cc2)cc1. The van der Waals surface area contributed by atoms with E-state index in [0.29, 0.717) is 0 Å². The van der Waals surface area contributed by atoms with Gasteiger partial charge >= 0.3 is 0 Å². The van der Waals surface area contributed by atoms with E-state index in [2.05, 4.69) is 315 Å². The molecule has 418 valence electrons. The molecule has 0 bridgehead atoms. The molecule has 5 nitrogen and oxygen atoms in total. The number of nitrogens with zero attached hydrogens (tertiary/aromatic N) is 4. The van der Waals surface area contributed by atoms with E-state index in [4.69, 9.17) is 4.42 Å². The van der Waals surface area contributed by atoms with Crippen LogP contribution in [0.15, 0.2) is 217 Å². The molecule has 2 aliphatic rings. The third-order valence-corrected chi connectivity index (χ3v) is 19.4. The zero-order chi connectivity index (χ0) is 58.6. The van der Waals surface area contributed by atoms with E-state index < -0.39 is 0 Å². The Hall–Kier alpha value is -8.78. The highest BCUT2D eigenvalue weighted by Crippen LogP contribution is 2.52. The van der Waals surface area contributed by atoms with Gasteiger partial charge in [0.15, 0.2) is 5.58 Å². The molecule has 0 saturated carbocycles. The third kappa shape index (κ3) is 8.39. The molecule has 0 atom stereocenters. The molecule has 0 amide bonds. The van der Waals surface area contributed by atoms with Crippen LogP contribution in [0.2, 0.25) is 0 Å². The molecular weight excluding hydrogens is 1050 g/mol. The summed E-state index contributed by atoms with van der Waals surface area (Å²) in [5, 5.41) is 5.89. The zero-order valence-electron chi connectivity index (χ0n) is 50.9. The zero-order valence-corrected chi connectivity index (χ0v) is 51.7. The molecule has 13 aromatic rings. The van der Waals surface area contributed by atoms with Crippen molar-refractivity contribution >= 4 is 139 Å². The second kappa shape index (κ2) is 18.9. The summed E-state index contributed by atoms with van der Waals surface area (Å²) >= 11 is 1.95. The van der Waals surface area contributed by atoms with Gasteiger partial charge in [0, 0.05) is 81.9 Å². The smallest absolute Gasteiger partial charge is 0.264 e. The van der Waals surface area contributed by atoms with Crippen LogP contribution in [0, 0.1) is 0 Å². The molecule has 0 radical (unpaired) electrons. The van der Waals surface area contributed by atoms with Crippen LogP contribution in [0.3, 0.4) is 0 Å². The van der Waals surface area contributed by atoms with Gasteiger partial charge in [-0.1, -0.05) is 186 Å². The highest BCUT2D eigenvalue weighted by atomic mass is 32.1. The Labute approximate surface area is 504 Å². The molecule has 5 heterocycles. The molecule has 0 saturated heterocycles. The van der Waals surface area contributed by atoms with Crippen LogP contribution in [-0.2, 0) is 21.7 Å². The fourth-order valence-corrected chi connectivity index (χ4v) is 15.0. The molecule has 15 rings (SSSR count). The monoisotopic (exact) mass is 1120 g/mol. The normalized spacial score (nSPS) is 13.6. The Balaban J connectivity index is 1.02. The maximum absolute atomic E-state index is 7.42. The number of fused-ring (bicyclic) bond motifs is 13. The third-order valence-electron chi connectivity index (χ3n) is 18.2. The minimum atomic E-state index is -0.0775. The van der Waals surface area contributed by atoms with E-state index in [-0.39, 0.29) is 28.4 Å². The van der Waals surface area contributed by atoms with Crippen LogP contribution in [0.25, 0.3) is 59.5 Å². The minimum Gasteiger partial charge on any atom is -0.454 e. The number of thiophene rings is 1. The van der Waals surface area contributed by atoms with Crippen molar-refractivity contribution in [2.24, 2.45) is 0 Å². The van der Waals surface area contributed by atoms with E-state index in [9.17, 15) is 0 Å². The van der Waals surface area contributed by atoms with Gasteiger partial charge in [-0.25, -0.2) is 0 Å². The Kier molecular flexibility index (Phi) is 11.8. The number of rotatable bonds is 6. The van der Waals surface area contributed by atoms with Crippen molar-refractivity contribution < 1.29 is 4.42 Å². The summed E-state index contributed by atoms with van der Waals surface area (Å²) in [6.45, 7) is 27.6. The van der Waals surface area contributed by atoms with Crippen LogP contribution >= 0.6 is 11.3 Å². The van der Waals surface area contributed by atoms with Crippen molar-refractivity contribution in [2.75, 3.05) is 14.7 Å². The number of anilines is 9. The highest BCUT2D eigenvalue weighted by molar-refractivity contribution is 7.33. The Morgan fingerprint density at radius 1 is 0.400 bits per heavy atom. The quantitative estimate of drug-likeness (QED) is 0.155. The minimum absolute atomic E-state index is 0.00388. The van der Waals surface area contributed by atoms with Crippen LogP contribution in [-0.4, -0.2) is 11.3 Å². The Bertz CT molecular complexity index is 4750. The van der Waals surface area contributed by atoms with E-state index >= 15 is 0 Å². The Morgan fingerprint density at radius 3 is 1.60 bits per heavy atom. The van der Waals surface area contributed by atoms with Gasteiger partial charge in [0.05, 0.1) is 22.4 Å². The van der Waals surface area contributed by atoms with Crippen molar-refractivity contribution in [2.45, 2.75) is 105 Å². The fraction of sp³-hybridized carbons (Fsp3) is 0.205. The second-order valence-electron chi connectivity index (χ2n) is 27.8. The predicted octanol–water partition coefficient (Wildman–Crippen LogP) is 20.6. The lowest BCUT2D eigenvalue weighted by Crippen LogP contribution is -2.60. The Morgan fingerprint density at radius 2 is 0.953 bits per heavy atom. The van der Waals surface area contributed by atoms with Gasteiger partial charge in [-0.05, 0) is 164 Å².